The Morgan fingerprint density at radius 1 is 1.38 bits per heavy atom. The third-order valence-electron chi connectivity index (χ3n) is 4.37. The first-order valence-corrected chi connectivity index (χ1v) is 9.29. The Hall–Kier alpha value is -2.89. The molecule has 12 heteroatoms. The van der Waals surface area contributed by atoms with Crippen molar-refractivity contribution in [3.8, 4) is 0 Å². The highest BCUT2D eigenvalue weighted by atomic mass is 16.6. The van der Waals surface area contributed by atoms with Crippen LogP contribution in [-0.2, 0) is 23.8 Å². The van der Waals surface area contributed by atoms with E-state index in [0.717, 1.165) is 0 Å². The van der Waals surface area contributed by atoms with Crippen molar-refractivity contribution in [2.45, 2.75) is 57.0 Å². The zero-order valence-electron chi connectivity index (χ0n) is 16.6. The van der Waals surface area contributed by atoms with Crippen LogP contribution in [0.1, 0.15) is 33.6 Å². The molecule has 12 nitrogen and oxygen atoms in total. The van der Waals surface area contributed by atoms with Gasteiger partial charge in [-0.05, 0) is 33.6 Å². The van der Waals surface area contributed by atoms with E-state index in [9.17, 15) is 14.4 Å². The van der Waals surface area contributed by atoms with Gasteiger partial charge in [0.05, 0.1) is 12.9 Å². The minimum atomic E-state index is -1.02. The van der Waals surface area contributed by atoms with Gasteiger partial charge < -0.3 is 30.2 Å². The fraction of sp³-hybridized carbons (Fsp3) is 0.706. The van der Waals surface area contributed by atoms with Gasteiger partial charge in [-0.15, -0.1) is 0 Å². The van der Waals surface area contributed by atoms with Crippen LogP contribution in [0.4, 0.5) is 4.79 Å². The van der Waals surface area contributed by atoms with Gasteiger partial charge in [-0.25, -0.2) is 14.6 Å². The van der Waals surface area contributed by atoms with Crippen LogP contribution in [-0.4, -0.2) is 78.5 Å². The number of carbonyl (C=O) groups is 3. The second-order valence-corrected chi connectivity index (χ2v) is 8.02. The van der Waals surface area contributed by atoms with Crippen LogP contribution >= 0.6 is 0 Å². The quantitative estimate of drug-likeness (QED) is 0.358. The van der Waals surface area contributed by atoms with E-state index < -0.39 is 35.4 Å². The summed E-state index contributed by atoms with van der Waals surface area (Å²) >= 11 is 0. The zero-order chi connectivity index (χ0) is 21.2. The van der Waals surface area contributed by atoms with Gasteiger partial charge in [-0.2, -0.15) is 0 Å². The van der Waals surface area contributed by atoms with Gasteiger partial charge in [-0.3, -0.25) is 15.1 Å². The number of rotatable bonds is 7. The second-order valence-electron chi connectivity index (χ2n) is 8.02. The molecule has 2 atom stereocenters. The second kappa shape index (κ2) is 7.85. The zero-order valence-corrected chi connectivity index (χ0v) is 16.6. The lowest BCUT2D eigenvalue weighted by molar-refractivity contribution is -0.149. The van der Waals surface area contributed by atoms with Gasteiger partial charge in [0.15, 0.2) is 18.2 Å². The number of nitrogens with two attached hydrogens (primary N) is 1. The minimum absolute atomic E-state index is 0.0154. The fourth-order valence-electron chi connectivity index (χ4n) is 2.82. The topological polar surface area (TPSA) is 157 Å². The van der Waals surface area contributed by atoms with Crippen molar-refractivity contribution in [2.24, 2.45) is 15.7 Å². The Labute approximate surface area is 167 Å². The summed E-state index contributed by atoms with van der Waals surface area (Å²) in [5.74, 6) is -0.800. The van der Waals surface area contributed by atoms with Crippen molar-refractivity contribution < 1.29 is 28.6 Å². The average molecular weight is 410 g/mol. The number of aliphatic imine (C=N–C) groups is 2. The van der Waals surface area contributed by atoms with Gasteiger partial charge >= 0.3 is 12.1 Å². The van der Waals surface area contributed by atoms with E-state index >= 15 is 0 Å². The highest BCUT2D eigenvalue weighted by Gasteiger charge is 2.53. The number of carbonyl (C=O) groups excluding carboxylic acids is 3. The summed E-state index contributed by atoms with van der Waals surface area (Å²) in [5, 5.41) is 5.00. The molecule has 2 amide bonds. The van der Waals surface area contributed by atoms with Gasteiger partial charge in [-0.1, -0.05) is 0 Å². The first-order valence-electron chi connectivity index (χ1n) is 9.29. The largest absolute Gasteiger partial charge is 0.461 e. The third kappa shape index (κ3) is 5.13. The number of hydrogen-bond acceptors (Lipinski definition) is 10. The minimum Gasteiger partial charge on any atom is -0.461 e. The van der Waals surface area contributed by atoms with Gasteiger partial charge in [0.25, 0.3) is 5.91 Å². The van der Waals surface area contributed by atoms with Crippen LogP contribution in [0, 0.1) is 0 Å². The van der Waals surface area contributed by atoms with Crippen molar-refractivity contribution in [3.63, 3.8) is 0 Å². The predicted molar refractivity (Wildman–Crippen MR) is 101 cm³/mol. The van der Waals surface area contributed by atoms with Crippen LogP contribution in [0.15, 0.2) is 9.98 Å². The molecule has 0 radical (unpaired) electrons. The standard InChI is InChI=1S/C17H26N6O6/c1-16(2,3)29-15(26)22-17(4-5-17)13(25)28-7-6-27-9-23-8-19-10-11(23)20-14(18)21-12(10)24/h8,10-11H,4-7,9H2,1-3H3,(H,22,26)(H3,18,20,21,24). The van der Waals surface area contributed by atoms with Gasteiger partial charge in [0, 0.05) is 0 Å². The number of fused-ring (bicyclic) bond motifs is 1. The van der Waals surface area contributed by atoms with E-state index in [2.05, 4.69) is 20.6 Å². The van der Waals surface area contributed by atoms with Crippen molar-refractivity contribution in [1.29, 1.82) is 0 Å². The van der Waals surface area contributed by atoms with Crippen molar-refractivity contribution in [3.05, 3.63) is 0 Å². The summed E-state index contributed by atoms with van der Waals surface area (Å²) in [6.07, 6.45) is 1.29. The Balaban J connectivity index is 1.36. The monoisotopic (exact) mass is 410 g/mol. The molecule has 29 heavy (non-hydrogen) atoms. The molecule has 0 aromatic heterocycles. The number of nitrogens with zero attached hydrogens (tertiary/aromatic N) is 3. The van der Waals surface area contributed by atoms with Crippen molar-refractivity contribution >= 4 is 30.3 Å². The Morgan fingerprint density at radius 3 is 2.76 bits per heavy atom. The molecule has 1 aliphatic carbocycles. The number of ether oxygens (including phenoxy) is 3. The predicted octanol–water partition coefficient (Wildman–Crippen LogP) is -0.956. The van der Waals surface area contributed by atoms with Crippen LogP contribution in [0.5, 0.6) is 0 Å². The molecule has 3 aliphatic rings. The summed E-state index contributed by atoms with van der Waals surface area (Å²) in [6.45, 7) is 5.48. The lowest BCUT2D eigenvalue weighted by Crippen LogP contribution is -2.54. The highest BCUT2D eigenvalue weighted by Crippen LogP contribution is 2.37. The molecule has 1 fully saturated rings. The smallest absolute Gasteiger partial charge is 0.408 e. The summed E-state index contributed by atoms with van der Waals surface area (Å²) in [6, 6.07) is -0.655. The molecule has 4 N–H and O–H groups in total. The normalized spacial score (nSPS) is 24.3. The number of nitrogens with one attached hydrogen (secondary N) is 2. The molecule has 1 saturated carbocycles. The molecular formula is C17H26N6O6. The molecule has 0 bridgehead atoms. The van der Waals surface area contributed by atoms with Crippen LogP contribution < -0.4 is 16.4 Å². The summed E-state index contributed by atoms with van der Waals surface area (Å²) < 4.78 is 15.9. The maximum absolute atomic E-state index is 12.3. The van der Waals surface area contributed by atoms with Crippen molar-refractivity contribution in [2.75, 3.05) is 19.9 Å². The van der Waals surface area contributed by atoms with Gasteiger partial charge in [0.1, 0.15) is 24.5 Å². The number of alkyl carbamates (subject to hydrolysis) is 1. The number of hydrogen-bond donors (Lipinski definition) is 3. The molecule has 2 aliphatic heterocycles. The lowest BCUT2D eigenvalue weighted by atomic mass is 10.2. The number of esters is 1. The first-order chi connectivity index (χ1) is 13.6. The summed E-state index contributed by atoms with van der Waals surface area (Å²) in [4.78, 5) is 45.8. The summed E-state index contributed by atoms with van der Waals surface area (Å²) in [5.41, 5.74) is 3.90. The summed E-state index contributed by atoms with van der Waals surface area (Å²) in [7, 11) is 0. The molecule has 2 heterocycles. The molecule has 0 spiro atoms. The molecule has 3 rings (SSSR count). The van der Waals surface area contributed by atoms with E-state index in [1.807, 2.05) is 0 Å². The van der Waals surface area contributed by atoms with E-state index in [4.69, 9.17) is 19.9 Å². The van der Waals surface area contributed by atoms with Crippen LogP contribution in [0.2, 0.25) is 0 Å². The van der Waals surface area contributed by atoms with Gasteiger partial charge in [0.2, 0.25) is 0 Å². The fourth-order valence-corrected chi connectivity index (χ4v) is 2.82. The SMILES string of the molecule is CC(C)(C)OC(=O)NC1(C(=O)OCCOCN2C=NC3C(=O)NC(N)=NC32)CC1. The molecule has 160 valence electrons. The molecule has 0 saturated heterocycles. The Kier molecular flexibility index (Phi) is 5.64. The van der Waals surface area contributed by atoms with Crippen molar-refractivity contribution in [1.82, 2.24) is 15.5 Å². The maximum atomic E-state index is 12.3. The maximum Gasteiger partial charge on any atom is 0.408 e. The highest BCUT2D eigenvalue weighted by molar-refractivity contribution is 6.02. The molecular weight excluding hydrogens is 384 g/mol. The lowest BCUT2D eigenvalue weighted by Gasteiger charge is -2.27. The number of amides is 2. The van der Waals surface area contributed by atoms with E-state index in [1.165, 1.54) is 6.34 Å². The third-order valence-corrected chi connectivity index (χ3v) is 4.37. The van der Waals surface area contributed by atoms with E-state index in [0.29, 0.717) is 12.8 Å². The first kappa shape index (κ1) is 20.8. The average Bonchev–Trinajstić information content (AvgIpc) is 3.25. The van der Waals surface area contributed by atoms with E-state index in [-0.39, 0.29) is 31.8 Å². The molecule has 2 unspecified atom stereocenters. The Morgan fingerprint density at radius 2 is 2.10 bits per heavy atom. The van der Waals surface area contributed by atoms with Crippen LogP contribution in [0.25, 0.3) is 0 Å². The van der Waals surface area contributed by atoms with E-state index in [1.54, 1.807) is 25.7 Å². The molecule has 0 aromatic carbocycles. The molecule has 0 aromatic rings. The Bertz CT molecular complexity index is 741. The van der Waals surface area contributed by atoms with Crippen LogP contribution in [0.3, 0.4) is 0 Å². The number of guanidine groups is 1.